The van der Waals surface area contributed by atoms with Gasteiger partial charge in [-0.05, 0) is 80.9 Å². The predicted molar refractivity (Wildman–Crippen MR) is 112 cm³/mol. The van der Waals surface area contributed by atoms with Gasteiger partial charge < -0.3 is 4.74 Å². The summed E-state index contributed by atoms with van der Waals surface area (Å²) in [5.74, 6) is 0.419. The van der Waals surface area contributed by atoms with Crippen LogP contribution >= 0.6 is 0 Å². The van der Waals surface area contributed by atoms with Gasteiger partial charge >= 0.3 is 12.1 Å². The number of carbonyl (C=O) groups is 1. The van der Waals surface area contributed by atoms with Crippen molar-refractivity contribution < 1.29 is 22.7 Å². The van der Waals surface area contributed by atoms with Crippen molar-refractivity contribution in [2.45, 2.75) is 69.6 Å². The zero-order valence-corrected chi connectivity index (χ0v) is 17.5. The van der Waals surface area contributed by atoms with Gasteiger partial charge in [0, 0.05) is 6.08 Å². The molecular weight excluding hydrogens is 403 g/mol. The summed E-state index contributed by atoms with van der Waals surface area (Å²) in [6, 6.07) is 7.36. The number of nitriles is 1. The minimum absolute atomic E-state index is 0.0283. The molecule has 6 heteroatoms. The van der Waals surface area contributed by atoms with Crippen molar-refractivity contribution in [1.82, 2.24) is 0 Å². The predicted octanol–water partition coefficient (Wildman–Crippen LogP) is 6.72. The van der Waals surface area contributed by atoms with Crippen LogP contribution in [0.4, 0.5) is 13.2 Å². The molecule has 0 radical (unpaired) electrons. The third-order valence-electron chi connectivity index (χ3n) is 6.44. The number of benzene rings is 1. The minimum Gasteiger partial charge on any atom is -0.462 e. The van der Waals surface area contributed by atoms with E-state index >= 15 is 0 Å². The van der Waals surface area contributed by atoms with Crippen LogP contribution in [0.1, 0.15) is 68.4 Å². The van der Waals surface area contributed by atoms with Crippen LogP contribution in [0.25, 0.3) is 0 Å². The number of hydrogen-bond donors (Lipinski definition) is 0. The number of halogens is 3. The Kier molecular flexibility index (Phi) is 7.95. The van der Waals surface area contributed by atoms with Crippen molar-refractivity contribution in [3.63, 3.8) is 0 Å². The maximum absolute atomic E-state index is 12.7. The fourth-order valence-corrected chi connectivity index (χ4v) is 4.59. The zero-order chi connectivity index (χ0) is 22.3. The van der Waals surface area contributed by atoms with Gasteiger partial charge in [-0.15, -0.1) is 0 Å². The Morgan fingerprint density at radius 3 is 2.19 bits per heavy atom. The monoisotopic (exact) mass is 431 g/mol. The maximum Gasteiger partial charge on any atom is 0.416 e. The molecule has 2 aliphatic rings. The van der Waals surface area contributed by atoms with Gasteiger partial charge in [0.1, 0.15) is 6.10 Å². The van der Waals surface area contributed by atoms with Crippen molar-refractivity contribution in [2.75, 3.05) is 0 Å². The second-order valence-electron chi connectivity index (χ2n) is 8.52. The molecule has 3 rings (SSSR count). The summed E-state index contributed by atoms with van der Waals surface area (Å²) in [6.45, 7) is 0. The quantitative estimate of drug-likeness (QED) is 0.295. The fraction of sp³-hybridized carbons (Fsp3) is 0.520. The molecule has 0 bridgehead atoms. The molecule has 0 heterocycles. The van der Waals surface area contributed by atoms with E-state index < -0.39 is 11.7 Å². The van der Waals surface area contributed by atoms with Gasteiger partial charge in [-0.25, -0.2) is 0 Å². The molecule has 31 heavy (non-hydrogen) atoms. The molecule has 1 aromatic rings. The summed E-state index contributed by atoms with van der Waals surface area (Å²) >= 11 is 0. The van der Waals surface area contributed by atoms with Crippen molar-refractivity contribution >= 4 is 5.97 Å². The van der Waals surface area contributed by atoms with E-state index in [2.05, 4.69) is 6.08 Å². The summed E-state index contributed by atoms with van der Waals surface area (Å²) in [7, 11) is 0. The van der Waals surface area contributed by atoms with E-state index in [-0.39, 0.29) is 23.9 Å². The van der Waals surface area contributed by atoms with Crippen LogP contribution in [-0.2, 0) is 15.7 Å². The number of esters is 1. The first kappa shape index (κ1) is 23.1. The molecule has 0 aromatic heterocycles. The Labute approximate surface area is 181 Å². The van der Waals surface area contributed by atoms with Crippen molar-refractivity contribution in [3.8, 4) is 6.07 Å². The van der Waals surface area contributed by atoms with Gasteiger partial charge in [-0.1, -0.05) is 30.4 Å². The third kappa shape index (κ3) is 6.72. The number of nitrogens with zero attached hydrogens (tertiary/aromatic N) is 1. The second-order valence-corrected chi connectivity index (χ2v) is 8.52. The van der Waals surface area contributed by atoms with Crippen LogP contribution < -0.4 is 0 Å². The van der Waals surface area contributed by atoms with Crippen molar-refractivity contribution in [3.05, 3.63) is 59.7 Å². The van der Waals surface area contributed by atoms with Crippen LogP contribution in [0.5, 0.6) is 0 Å². The molecule has 1 aromatic carbocycles. The number of hydrogen-bond acceptors (Lipinski definition) is 3. The van der Waals surface area contributed by atoms with Gasteiger partial charge in [-0.2, -0.15) is 18.4 Å². The molecule has 2 aliphatic carbocycles. The summed E-state index contributed by atoms with van der Waals surface area (Å²) in [5, 5.41) is 8.48. The highest BCUT2D eigenvalue weighted by Gasteiger charge is 2.32. The largest absolute Gasteiger partial charge is 0.462 e. The maximum atomic E-state index is 12.7. The standard InChI is InChI=1S/C25H28F3NO2/c26-25(27,28)22-13-11-20(12-14-22)19-7-9-21(10-8-19)24(30)31-23-15-5-18(6-16-23)4-2-1-3-17-29/h1-4,11-14,18-19,21,23H,5-10,15-16H2. The Balaban J connectivity index is 1.41. The molecule has 0 amide bonds. The molecule has 2 saturated carbocycles. The Hall–Kier alpha value is -2.55. The van der Waals surface area contributed by atoms with Crippen molar-refractivity contribution in [2.24, 2.45) is 11.8 Å². The number of ether oxygens (including phenoxy) is 1. The summed E-state index contributed by atoms with van der Waals surface area (Å²) < 4.78 is 44.0. The lowest BCUT2D eigenvalue weighted by Gasteiger charge is -2.31. The minimum atomic E-state index is -4.32. The van der Waals surface area contributed by atoms with E-state index in [4.69, 9.17) is 10.00 Å². The third-order valence-corrected chi connectivity index (χ3v) is 6.44. The first-order valence-corrected chi connectivity index (χ1v) is 11.0. The zero-order valence-electron chi connectivity index (χ0n) is 17.5. The average molecular weight is 431 g/mol. The lowest BCUT2D eigenvalue weighted by Crippen LogP contribution is -2.29. The molecule has 2 fully saturated rings. The van der Waals surface area contributed by atoms with Gasteiger partial charge in [0.15, 0.2) is 0 Å². The first-order chi connectivity index (χ1) is 14.9. The van der Waals surface area contributed by atoms with Crippen LogP contribution in [0.15, 0.2) is 48.6 Å². The summed E-state index contributed by atoms with van der Waals surface area (Å²) in [6.07, 6.45) is 9.48. The number of allylic oxidation sites excluding steroid dienone is 4. The highest BCUT2D eigenvalue weighted by atomic mass is 19.4. The van der Waals surface area contributed by atoms with E-state index in [9.17, 15) is 18.0 Å². The summed E-state index contributed by atoms with van der Waals surface area (Å²) in [5.41, 5.74) is 0.285. The van der Waals surface area contributed by atoms with E-state index in [0.717, 1.165) is 56.2 Å². The van der Waals surface area contributed by atoms with E-state index in [1.807, 2.05) is 12.1 Å². The summed E-state index contributed by atoms with van der Waals surface area (Å²) in [4.78, 5) is 12.6. The molecule has 0 spiro atoms. The number of rotatable bonds is 5. The molecule has 0 N–H and O–H groups in total. The molecule has 0 atom stereocenters. The SMILES string of the molecule is N#CC=CC=CC1CCC(OC(=O)C2CCC(c3ccc(C(F)(F)F)cc3)CC2)CC1. The van der Waals surface area contributed by atoms with Crippen molar-refractivity contribution in [1.29, 1.82) is 5.26 Å². The Bertz CT molecular complexity index is 820. The van der Waals surface area contributed by atoms with Crippen LogP contribution in [0.2, 0.25) is 0 Å². The first-order valence-electron chi connectivity index (χ1n) is 11.0. The molecule has 3 nitrogen and oxygen atoms in total. The van der Waals surface area contributed by atoms with Crippen LogP contribution in [0, 0.1) is 23.2 Å². The van der Waals surface area contributed by atoms with Gasteiger partial charge in [-0.3, -0.25) is 4.79 Å². The highest BCUT2D eigenvalue weighted by Crippen LogP contribution is 2.38. The second kappa shape index (κ2) is 10.7. The molecular formula is C25H28F3NO2. The number of carbonyl (C=O) groups excluding carboxylic acids is 1. The highest BCUT2D eigenvalue weighted by molar-refractivity contribution is 5.72. The van der Waals surface area contributed by atoms with Crippen LogP contribution in [-0.4, -0.2) is 12.1 Å². The van der Waals surface area contributed by atoms with E-state index in [0.29, 0.717) is 18.8 Å². The Morgan fingerprint density at radius 2 is 1.61 bits per heavy atom. The molecule has 166 valence electrons. The van der Waals surface area contributed by atoms with Crippen LogP contribution in [0.3, 0.4) is 0 Å². The molecule has 0 aliphatic heterocycles. The average Bonchev–Trinajstić information content (AvgIpc) is 2.77. The molecule has 0 saturated heterocycles. The Morgan fingerprint density at radius 1 is 0.968 bits per heavy atom. The fourth-order valence-electron chi connectivity index (χ4n) is 4.59. The number of alkyl halides is 3. The normalized spacial score (nSPS) is 27.3. The lowest BCUT2D eigenvalue weighted by atomic mass is 9.78. The van der Waals surface area contributed by atoms with Gasteiger partial charge in [0.05, 0.1) is 17.6 Å². The smallest absolute Gasteiger partial charge is 0.416 e. The molecule has 0 unspecified atom stereocenters. The topological polar surface area (TPSA) is 50.1 Å². The van der Waals surface area contributed by atoms with E-state index in [1.54, 1.807) is 18.2 Å². The lowest BCUT2D eigenvalue weighted by molar-refractivity contribution is -0.157. The van der Waals surface area contributed by atoms with E-state index in [1.165, 1.54) is 6.08 Å². The van der Waals surface area contributed by atoms with Gasteiger partial charge in [0.2, 0.25) is 0 Å². The van der Waals surface area contributed by atoms with Gasteiger partial charge in [0.25, 0.3) is 0 Å².